The fraction of sp³-hybridized carbons (Fsp3) is 0.625. The molecule has 0 unspecified atom stereocenters. The fourth-order valence-electron chi connectivity index (χ4n) is 1.71. The summed E-state index contributed by atoms with van der Waals surface area (Å²) in [5.41, 5.74) is 1.87. The Balaban J connectivity index is 2.58. The van der Waals surface area contributed by atoms with Gasteiger partial charge in [-0.2, -0.15) is 0 Å². The van der Waals surface area contributed by atoms with E-state index in [2.05, 4.69) is 35.8 Å². The lowest BCUT2D eigenvalue weighted by atomic mass is 10.1. The third kappa shape index (κ3) is 7.09. The normalized spacial score (nSPS) is 11.3. The Morgan fingerprint density at radius 3 is 2.67 bits per heavy atom. The van der Waals surface area contributed by atoms with E-state index in [4.69, 9.17) is 4.74 Å². The van der Waals surface area contributed by atoms with E-state index in [1.807, 2.05) is 19.1 Å². The minimum absolute atomic E-state index is 0.0214. The number of hydrogen-bond donors (Lipinski definition) is 1. The average molecular weight is 294 g/mol. The molecule has 0 amide bonds. The van der Waals surface area contributed by atoms with Gasteiger partial charge in [0.15, 0.2) is 0 Å². The number of aromatic nitrogens is 1. The van der Waals surface area contributed by atoms with Gasteiger partial charge in [-0.25, -0.2) is 0 Å². The van der Waals surface area contributed by atoms with Gasteiger partial charge in [-0.15, -0.1) is 0 Å². The highest BCUT2D eigenvalue weighted by Gasteiger charge is 2.12. The van der Waals surface area contributed by atoms with E-state index in [0.717, 1.165) is 17.1 Å². The van der Waals surface area contributed by atoms with Crippen LogP contribution in [-0.2, 0) is 16.1 Å². The third-order valence-corrected chi connectivity index (χ3v) is 2.87. The first-order valence-corrected chi connectivity index (χ1v) is 7.23. The van der Waals surface area contributed by atoms with Crippen molar-refractivity contribution in [1.29, 1.82) is 0 Å². The summed E-state index contributed by atoms with van der Waals surface area (Å²) in [5, 5.41) is 3.41. The van der Waals surface area contributed by atoms with Crippen LogP contribution in [0.4, 0.5) is 0 Å². The number of carbonyl (C=O) groups excluding carboxylic acids is 1. The second-order valence-electron chi connectivity index (χ2n) is 6.03. The van der Waals surface area contributed by atoms with Crippen LogP contribution in [0.25, 0.3) is 0 Å². The summed E-state index contributed by atoms with van der Waals surface area (Å²) in [6.45, 7) is 9.42. The molecular formula is C16H26N2O3. The Morgan fingerprint density at radius 2 is 2.05 bits per heavy atom. The molecule has 0 aliphatic carbocycles. The van der Waals surface area contributed by atoms with Crippen LogP contribution in [0.2, 0.25) is 0 Å². The Hall–Kier alpha value is -1.62. The number of methoxy groups -OCH3 is 1. The van der Waals surface area contributed by atoms with Gasteiger partial charge in [0.2, 0.25) is 0 Å². The van der Waals surface area contributed by atoms with E-state index in [-0.39, 0.29) is 11.5 Å². The number of carbonyl (C=O) groups is 1. The maximum Gasteiger partial charge on any atom is 0.305 e. The summed E-state index contributed by atoms with van der Waals surface area (Å²) in [6, 6.07) is 3.86. The zero-order chi connectivity index (χ0) is 15.9. The molecule has 0 saturated heterocycles. The third-order valence-electron chi connectivity index (χ3n) is 2.87. The van der Waals surface area contributed by atoms with E-state index in [1.54, 1.807) is 0 Å². The second-order valence-corrected chi connectivity index (χ2v) is 6.03. The fourth-order valence-corrected chi connectivity index (χ4v) is 1.71. The molecule has 21 heavy (non-hydrogen) atoms. The van der Waals surface area contributed by atoms with Gasteiger partial charge in [0.1, 0.15) is 5.75 Å². The first-order chi connectivity index (χ1) is 9.81. The minimum Gasteiger partial charge on any atom is -0.492 e. The summed E-state index contributed by atoms with van der Waals surface area (Å²) in [4.78, 5) is 15.6. The van der Waals surface area contributed by atoms with Crippen molar-refractivity contribution in [2.24, 2.45) is 0 Å². The first-order valence-electron chi connectivity index (χ1n) is 7.23. The largest absolute Gasteiger partial charge is 0.492 e. The molecule has 0 radical (unpaired) electrons. The van der Waals surface area contributed by atoms with Crippen molar-refractivity contribution in [3.8, 4) is 5.75 Å². The van der Waals surface area contributed by atoms with Gasteiger partial charge < -0.3 is 14.8 Å². The van der Waals surface area contributed by atoms with Crippen molar-refractivity contribution in [2.75, 3.05) is 13.7 Å². The van der Waals surface area contributed by atoms with Crippen LogP contribution in [0.3, 0.4) is 0 Å². The molecule has 0 fully saturated rings. The van der Waals surface area contributed by atoms with Crippen molar-refractivity contribution in [3.05, 3.63) is 23.5 Å². The summed E-state index contributed by atoms with van der Waals surface area (Å²) < 4.78 is 10.3. The molecule has 1 aromatic rings. The predicted octanol–water partition coefficient (Wildman–Crippen LogP) is 2.61. The topological polar surface area (TPSA) is 60.5 Å². The predicted molar refractivity (Wildman–Crippen MR) is 82.3 cm³/mol. The molecule has 0 bridgehead atoms. The molecule has 5 nitrogen and oxygen atoms in total. The number of pyridine rings is 1. The van der Waals surface area contributed by atoms with Crippen LogP contribution in [0, 0.1) is 6.92 Å². The highest BCUT2D eigenvalue weighted by atomic mass is 16.5. The highest BCUT2D eigenvalue weighted by molar-refractivity contribution is 5.69. The molecule has 0 saturated carbocycles. The average Bonchev–Trinajstić information content (AvgIpc) is 2.41. The Morgan fingerprint density at radius 1 is 1.33 bits per heavy atom. The lowest BCUT2D eigenvalue weighted by Gasteiger charge is -2.21. The maximum atomic E-state index is 11.0. The van der Waals surface area contributed by atoms with Crippen LogP contribution in [0.1, 0.15) is 45.0 Å². The van der Waals surface area contributed by atoms with Crippen LogP contribution >= 0.6 is 0 Å². The van der Waals surface area contributed by atoms with Gasteiger partial charge in [0.25, 0.3) is 0 Å². The standard InChI is InChI=1S/C16H26N2O3/c1-12-8-9-14(21-10-6-7-15(19)20-5)13(18-12)11-17-16(2,3)4/h8-9,17H,6-7,10-11H2,1-5H3. The molecule has 1 rings (SSSR count). The van der Waals surface area contributed by atoms with Gasteiger partial charge in [-0.3, -0.25) is 9.78 Å². The van der Waals surface area contributed by atoms with Gasteiger partial charge in [0, 0.05) is 24.2 Å². The summed E-state index contributed by atoms with van der Waals surface area (Å²) >= 11 is 0. The van der Waals surface area contributed by atoms with Crippen molar-refractivity contribution in [3.63, 3.8) is 0 Å². The molecular weight excluding hydrogens is 268 g/mol. The molecule has 118 valence electrons. The number of esters is 1. The molecule has 1 N–H and O–H groups in total. The Labute approximate surface area is 127 Å². The molecule has 0 atom stereocenters. The van der Waals surface area contributed by atoms with Gasteiger partial charge in [-0.05, 0) is 46.2 Å². The van der Waals surface area contributed by atoms with Crippen LogP contribution < -0.4 is 10.1 Å². The monoisotopic (exact) mass is 294 g/mol. The summed E-state index contributed by atoms with van der Waals surface area (Å²) in [7, 11) is 1.39. The van der Waals surface area contributed by atoms with Crippen LogP contribution in [0.15, 0.2) is 12.1 Å². The molecule has 0 aromatic carbocycles. The molecule has 1 aromatic heterocycles. The molecule has 0 spiro atoms. The summed E-state index contributed by atoms with van der Waals surface area (Å²) in [5.74, 6) is 0.553. The number of nitrogens with one attached hydrogen (secondary N) is 1. The van der Waals surface area contributed by atoms with Gasteiger partial charge in [-0.1, -0.05) is 0 Å². The van der Waals surface area contributed by atoms with Crippen LogP contribution in [-0.4, -0.2) is 30.2 Å². The van der Waals surface area contributed by atoms with Crippen molar-refractivity contribution < 1.29 is 14.3 Å². The second kappa shape index (κ2) is 7.98. The van der Waals surface area contributed by atoms with E-state index in [0.29, 0.717) is 26.0 Å². The van der Waals surface area contributed by atoms with Crippen LogP contribution in [0.5, 0.6) is 5.75 Å². The van der Waals surface area contributed by atoms with E-state index < -0.39 is 0 Å². The van der Waals surface area contributed by atoms with Crippen molar-refractivity contribution in [2.45, 2.75) is 52.6 Å². The number of aryl methyl sites for hydroxylation is 1. The van der Waals surface area contributed by atoms with Crippen molar-refractivity contribution in [1.82, 2.24) is 10.3 Å². The smallest absolute Gasteiger partial charge is 0.305 e. The molecule has 0 aliphatic rings. The number of rotatable bonds is 7. The SMILES string of the molecule is COC(=O)CCCOc1ccc(C)nc1CNC(C)(C)C. The number of nitrogens with zero attached hydrogens (tertiary/aromatic N) is 1. The zero-order valence-electron chi connectivity index (χ0n) is 13.7. The summed E-state index contributed by atoms with van der Waals surface area (Å²) in [6.07, 6.45) is 0.998. The first kappa shape index (κ1) is 17.4. The van der Waals surface area contributed by atoms with E-state index in [1.165, 1.54) is 7.11 Å². The molecule has 1 heterocycles. The number of ether oxygens (including phenoxy) is 2. The zero-order valence-corrected chi connectivity index (χ0v) is 13.7. The number of hydrogen-bond acceptors (Lipinski definition) is 5. The highest BCUT2D eigenvalue weighted by Crippen LogP contribution is 2.18. The minimum atomic E-state index is -0.213. The van der Waals surface area contributed by atoms with Crippen molar-refractivity contribution >= 4 is 5.97 Å². The Kier molecular flexibility index (Phi) is 6.62. The van der Waals surface area contributed by atoms with Gasteiger partial charge in [0.05, 0.1) is 19.4 Å². The lowest BCUT2D eigenvalue weighted by Crippen LogP contribution is -2.35. The quantitative estimate of drug-likeness (QED) is 0.619. The van der Waals surface area contributed by atoms with E-state index >= 15 is 0 Å². The molecule has 5 heteroatoms. The lowest BCUT2D eigenvalue weighted by molar-refractivity contribution is -0.140. The van der Waals surface area contributed by atoms with E-state index in [9.17, 15) is 4.79 Å². The Bertz CT molecular complexity index is 467. The maximum absolute atomic E-state index is 11.0. The molecule has 0 aliphatic heterocycles. The van der Waals surface area contributed by atoms with Gasteiger partial charge >= 0.3 is 5.97 Å².